The fourth-order valence-electron chi connectivity index (χ4n) is 2.69. The average Bonchev–Trinajstić information content (AvgIpc) is 2.64. The van der Waals surface area contributed by atoms with E-state index < -0.39 is 22.7 Å². The van der Waals surface area contributed by atoms with Gasteiger partial charge in [-0.05, 0) is 49.7 Å². The van der Waals surface area contributed by atoms with Gasteiger partial charge in [0, 0.05) is 11.4 Å². The fraction of sp³-hybridized carbons (Fsp3) is 0.158. The van der Waals surface area contributed by atoms with Crippen molar-refractivity contribution in [3.63, 3.8) is 0 Å². The number of nitrogens with one attached hydrogen (secondary N) is 2. The molecule has 30 heavy (non-hydrogen) atoms. The van der Waals surface area contributed by atoms with E-state index in [0.717, 1.165) is 29.6 Å². The third kappa shape index (κ3) is 5.13. The van der Waals surface area contributed by atoms with Gasteiger partial charge in [0.1, 0.15) is 12.1 Å². The Balaban J connectivity index is 1.88. The molecule has 0 saturated carbocycles. The van der Waals surface area contributed by atoms with Crippen molar-refractivity contribution in [2.24, 2.45) is 0 Å². The van der Waals surface area contributed by atoms with Gasteiger partial charge in [0.15, 0.2) is 0 Å². The van der Waals surface area contributed by atoms with Crippen molar-refractivity contribution in [3.8, 4) is 5.75 Å². The summed E-state index contributed by atoms with van der Waals surface area (Å²) in [5.74, 6) is -0.560. The van der Waals surface area contributed by atoms with E-state index in [1.807, 2.05) is 26.0 Å². The molecular weight excluding hydrogens is 403 g/mol. The van der Waals surface area contributed by atoms with Gasteiger partial charge in [-0.1, -0.05) is 17.7 Å². The number of anilines is 4. The smallest absolute Gasteiger partial charge is 0.406 e. The van der Waals surface area contributed by atoms with E-state index in [0.29, 0.717) is 5.69 Å². The van der Waals surface area contributed by atoms with E-state index in [4.69, 9.17) is 0 Å². The summed E-state index contributed by atoms with van der Waals surface area (Å²) in [6.07, 6.45) is -3.67. The van der Waals surface area contributed by atoms with Crippen LogP contribution in [-0.4, -0.2) is 21.3 Å². The maximum absolute atomic E-state index is 12.3. The number of halogens is 3. The predicted octanol–water partition coefficient (Wildman–Crippen LogP) is 5.39. The van der Waals surface area contributed by atoms with Crippen molar-refractivity contribution in [2.45, 2.75) is 20.2 Å². The van der Waals surface area contributed by atoms with Crippen molar-refractivity contribution >= 4 is 28.7 Å². The lowest BCUT2D eigenvalue weighted by Gasteiger charge is -2.12. The Kier molecular flexibility index (Phi) is 5.72. The summed E-state index contributed by atoms with van der Waals surface area (Å²) < 4.78 is 40.6. The van der Waals surface area contributed by atoms with Crippen LogP contribution < -0.4 is 15.4 Å². The molecule has 0 radical (unpaired) electrons. The first-order chi connectivity index (χ1) is 14.1. The summed E-state index contributed by atoms with van der Waals surface area (Å²) in [6, 6.07) is 10.3. The van der Waals surface area contributed by atoms with E-state index in [1.54, 1.807) is 6.07 Å². The van der Waals surface area contributed by atoms with Crippen molar-refractivity contribution < 1.29 is 22.8 Å². The molecule has 0 aliphatic rings. The van der Waals surface area contributed by atoms with E-state index >= 15 is 0 Å². The Morgan fingerprint density at radius 2 is 1.63 bits per heavy atom. The fourth-order valence-corrected chi connectivity index (χ4v) is 2.69. The second kappa shape index (κ2) is 8.23. The molecule has 0 bridgehead atoms. The second-order valence-corrected chi connectivity index (χ2v) is 6.32. The molecule has 3 aromatic rings. The zero-order valence-electron chi connectivity index (χ0n) is 15.8. The second-order valence-electron chi connectivity index (χ2n) is 6.32. The van der Waals surface area contributed by atoms with Crippen LogP contribution in [0.2, 0.25) is 0 Å². The molecule has 0 aliphatic heterocycles. The predicted molar refractivity (Wildman–Crippen MR) is 104 cm³/mol. The van der Waals surface area contributed by atoms with E-state index in [-0.39, 0.29) is 17.3 Å². The normalized spacial score (nSPS) is 11.1. The number of hydrogen-bond acceptors (Lipinski definition) is 7. The minimum absolute atomic E-state index is 0.0264. The molecule has 8 nitrogen and oxygen atoms in total. The molecular formula is C19H16F3N5O3. The highest BCUT2D eigenvalue weighted by molar-refractivity contribution is 5.77. The Labute approximate surface area is 168 Å². The van der Waals surface area contributed by atoms with Gasteiger partial charge in [-0.25, -0.2) is 9.97 Å². The monoisotopic (exact) mass is 419 g/mol. The first-order valence-corrected chi connectivity index (χ1v) is 8.59. The molecule has 0 fully saturated rings. The molecule has 1 heterocycles. The first kappa shape index (κ1) is 20.8. The third-order valence-corrected chi connectivity index (χ3v) is 3.99. The highest BCUT2D eigenvalue weighted by atomic mass is 19.4. The van der Waals surface area contributed by atoms with Gasteiger partial charge in [-0.2, -0.15) is 0 Å². The van der Waals surface area contributed by atoms with Crippen LogP contribution in [0.25, 0.3) is 0 Å². The van der Waals surface area contributed by atoms with E-state index in [9.17, 15) is 23.3 Å². The van der Waals surface area contributed by atoms with Gasteiger partial charge in [0.05, 0.1) is 4.92 Å². The molecule has 11 heteroatoms. The lowest BCUT2D eigenvalue weighted by Crippen LogP contribution is -2.17. The molecule has 0 amide bonds. The van der Waals surface area contributed by atoms with Gasteiger partial charge in [0.25, 0.3) is 0 Å². The standard InChI is InChI=1S/C19H16F3N5O3/c1-11-3-8-15(12(2)9-11)26-18-16(27(28)29)17(23-10-24-18)25-13-4-6-14(7-5-13)30-19(20,21)22/h3-10H,1-2H3,(H2,23,24,25,26). The van der Waals surface area contributed by atoms with Crippen molar-refractivity contribution in [2.75, 3.05) is 10.6 Å². The van der Waals surface area contributed by atoms with E-state index in [1.165, 1.54) is 12.1 Å². The number of benzene rings is 2. The van der Waals surface area contributed by atoms with Crippen LogP contribution in [-0.2, 0) is 0 Å². The zero-order chi connectivity index (χ0) is 21.9. The number of ether oxygens (including phenoxy) is 1. The van der Waals surface area contributed by atoms with Crippen LogP contribution in [0.5, 0.6) is 5.75 Å². The number of hydrogen-bond donors (Lipinski definition) is 2. The maximum Gasteiger partial charge on any atom is 0.573 e. The number of nitro groups is 1. The van der Waals surface area contributed by atoms with Gasteiger partial charge in [-0.3, -0.25) is 10.1 Å². The van der Waals surface area contributed by atoms with Crippen LogP contribution in [0.1, 0.15) is 11.1 Å². The van der Waals surface area contributed by atoms with Crippen LogP contribution in [0.15, 0.2) is 48.8 Å². The highest BCUT2D eigenvalue weighted by Gasteiger charge is 2.31. The molecule has 0 aliphatic carbocycles. The van der Waals surface area contributed by atoms with Gasteiger partial charge < -0.3 is 15.4 Å². The lowest BCUT2D eigenvalue weighted by molar-refractivity contribution is -0.383. The summed E-state index contributed by atoms with van der Waals surface area (Å²) >= 11 is 0. The molecule has 3 rings (SSSR count). The summed E-state index contributed by atoms with van der Waals surface area (Å²) in [5.41, 5.74) is 2.42. The molecule has 2 N–H and O–H groups in total. The molecule has 0 unspecified atom stereocenters. The Bertz CT molecular complexity index is 1070. The largest absolute Gasteiger partial charge is 0.573 e. The molecule has 2 aromatic carbocycles. The number of rotatable bonds is 6. The molecule has 0 atom stereocenters. The van der Waals surface area contributed by atoms with Crippen LogP contribution in [0.4, 0.5) is 41.9 Å². The SMILES string of the molecule is Cc1ccc(Nc2ncnc(Nc3ccc(OC(F)(F)F)cc3)c2[N+](=O)[O-])c(C)c1. The molecule has 1 aromatic heterocycles. The summed E-state index contributed by atoms with van der Waals surface area (Å²) in [6.45, 7) is 3.78. The Morgan fingerprint density at radius 1 is 1.00 bits per heavy atom. The summed E-state index contributed by atoms with van der Waals surface area (Å²) in [7, 11) is 0. The van der Waals surface area contributed by atoms with Crippen molar-refractivity contribution in [1.29, 1.82) is 0 Å². The molecule has 0 saturated heterocycles. The topological polar surface area (TPSA) is 102 Å². The number of alkyl halides is 3. The maximum atomic E-state index is 12.3. The first-order valence-electron chi connectivity index (χ1n) is 8.59. The number of nitrogens with zero attached hydrogens (tertiary/aromatic N) is 3. The van der Waals surface area contributed by atoms with E-state index in [2.05, 4.69) is 25.3 Å². The van der Waals surface area contributed by atoms with Gasteiger partial charge >= 0.3 is 12.0 Å². The summed E-state index contributed by atoms with van der Waals surface area (Å²) in [5, 5.41) is 17.3. The zero-order valence-corrected chi connectivity index (χ0v) is 15.8. The van der Waals surface area contributed by atoms with Crippen LogP contribution in [0, 0.1) is 24.0 Å². The minimum atomic E-state index is -4.81. The van der Waals surface area contributed by atoms with Crippen LogP contribution in [0.3, 0.4) is 0 Å². The van der Waals surface area contributed by atoms with Crippen molar-refractivity contribution in [3.05, 3.63) is 70.0 Å². The lowest BCUT2D eigenvalue weighted by atomic mass is 10.1. The number of aromatic nitrogens is 2. The third-order valence-electron chi connectivity index (χ3n) is 3.99. The van der Waals surface area contributed by atoms with Crippen molar-refractivity contribution in [1.82, 2.24) is 9.97 Å². The molecule has 156 valence electrons. The number of aryl methyl sites for hydroxylation is 2. The Morgan fingerprint density at radius 3 is 2.20 bits per heavy atom. The van der Waals surface area contributed by atoms with Crippen LogP contribution >= 0.6 is 0 Å². The van der Waals surface area contributed by atoms with Gasteiger partial charge in [0.2, 0.25) is 11.6 Å². The summed E-state index contributed by atoms with van der Waals surface area (Å²) in [4.78, 5) is 18.9. The highest BCUT2D eigenvalue weighted by Crippen LogP contribution is 2.34. The minimum Gasteiger partial charge on any atom is -0.406 e. The molecule has 0 spiro atoms. The average molecular weight is 419 g/mol. The van der Waals surface area contributed by atoms with Gasteiger partial charge in [-0.15, -0.1) is 13.2 Å². The Hall–Kier alpha value is -3.89. The quantitative estimate of drug-likeness (QED) is 0.408.